The second-order valence-corrected chi connectivity index (χ2v) is 22.2. The zero-order chi connectivity index (χ0) is 54.5. The van der Waals surface area contributed by atoms with Gasteiger partial charge in [-0.25, -0.2) is 0 Å². The normalized spacial score (nSPS) is 11.9. The van der Waals surface area contributed by atoms with Crippen LogP contribution in [0, 0.1) is 0 Å². The van der Waals surface area contributed by atoms with E-state index in [9.17, 15) is 0 Å². The fourth-order valence-electron chi connectivity index (χ4n) is 14.0. The van der Waals surface area contributed by atoms with Crippen LogP contribution in [0.1, 0.15) is 0 Å². The van der Waals surface area contributed by atoms with E-state index < -0.39 is 0 Å². The Hall–Kier alpha value is -10.9. The molecular formula is C82H51N. The molecule has 15 aromatic rings. The van der Waals surface area contributed by atoms with Gasteiger partial charge in [0.1, 0.15) is 0 Å². The number of anilines is 3. The highest BCUT2D eigenvalue weighted by Gasteiger charge is 2.35. The summed E-state index contributed by atoms with van der Waals surface area (Å²) in [6.07, 6.45) is 0. The summed E-state index contributed by atoms with van der Waals surface area (Å²) < 4.78 is 0. The third-order valence-corrected chi connectivity index (χ3v) is 17.6. The lowest BCUT2D eigenvalue weighted by Crippen LogP contribution is -2.13. The van der Waals surface area contributed by atoms with Gasteiger partial charge in [-0.3, -0.25) is 0 Å². The molecule has 0 N–H and O–H groups in total. The zero-order valence-electron chi connectivity index (χ0n) is 45.4. The minimum atomic E-state index is 1.09. The van der Waals surface area contributed by atoms with Crippen molar-refractivity contribution in [3.8, 4) is 111 Å². The van der Waals surface area contributed by atoms with Gasteiger partial charge in [-0.1, -0.05) is 261 Å². The van der Waals surface area contributed by atoms with Crippen molar-refractivity contribution in [1.82, 2.24) is 0 Å². The minimum absolute atomic E-state index is 1.09. The molecule has 1 nitrogen and oxygen atoms in total. The highest BCUT2D eigenvalue weighted by atomic mass is 15.1. The fourth-order valence-corrected chi connectivity index (χ4v) is 14.0. The van der Waals surface area contributed by atoms with Crippen LogP contribution >= 0.6 is 0 Å². The van der Waals surface area contributed by atoms with E-state index in [1.54, 1.807) is 0 Å². The first-order valence-electron chi connectivity index (χ1n) is 28.8. The SMILES string of the molecule is c1ccc(-c2cccc(-c3ccccc3)c2N(c2ccc3cc4c(cc3c2)-c2c-4c(-c3ccccc3)c3ccccc3c2-c2ccccc2)c2ccc3cc4c(cc3c2)-c2c-4c(-c3ccccc3)c3ccccc3c2-c2ccccc2)cc1. The molecule has 384 valence electrons. The molecule has 0 radical (unpaired) electrons. The van der Waals surface area contributed by atoms with E-state index in [0.717, 1.165) is 39.3 Å². The molecule has 0 aromatic heterocycles. The third-order valence-electron chi connectivity index (χ3n) is 17.6. The molecule has 17 rings (SSSR count). The van der Waals surface area contributed by atoms with Crippen molar-refractivity contribution in [3.05, 3.63) is 309 Å². The largest absolute Gasteiger partial charge is 0.309 e. The number of benzene rings is 15. The number of hydrogen-bond acceptors (Lipinski definition) is 1. The van der Waals surface area contributed by atoms with Gasteiger partial charge in [-0.2, -0.15) is 0 Å². The van der Waals surface area contributed by atoms with E-state index >= 15 is 0 Å². The molecule has 1 heteroatoms. The standard InChI is InChI=1S/C82H51N/c1-7-24-52(25-8-1)64-40-23-41-65(53-26-9-2-10-27-53)82(64)83(62-44-42-58-48-70-72(50-60(58)46-62)80-76(56-32-15-5-16-33-56)68-38-21-19-36-66(68)74(78(70)80)54-28-11-3-12-29-54)63-45-43-59-49-71-73(51-61(59)47-63)81-77(57-34-17-6-18-35-57)69-39-22-20-37-67(69)75(79(71)81)55-30-13-4-14-31-55/h1-51H. The Morgan fingerprint density at radius 1 is 0.169 bits per heavy atom. The van der Waals surface area contributed by atoms with Crippen molar-refractivity contribution < 1.29 is 0 Å². The molecule has 2 aliphatic rings. The lowest BCUT2D eigenvalue weighted by Gasteiger charge is -2.34. The van der Waals surface area contributed by atoms with Crippen molar-refractivity contribution in [2.45, 2.75) is 0 Å². The monoisotopic (exact) mass is 1050 g/mol. The summed E-state index contributed by atoms with van der Waals surface area (Å²) in [7, 11) is 0. The third kappa shape index (κ3) is 7.35. The van der Waals surface area contributed by atoms with E-state index in [-0.39, 0.29) is 0 Å². The molecule has 0 amide bonds. The van der Waals surface area contributed by atoms with E-state index in [1.165, 1.54) is 132 Å². The number of rotatable bonds is 9. The summed E-state index contributed by atoms with van der Waals surface area (Å²) in [6, 6.07) is 115. The van der Waals surface area contributed by atoms with E-state index in [4.69, 9.17) is 0 Å². The van der Waals surface area contributed by atoms with Crippen molar-refractivity contribution in [2.75, 3.05) is 4.90 Å². The molecule has 0 saturated carbocycles. The average Bonchev–Trinajstić information content (AvgIpc) is 0.931. The maximum Gasteiger partial charge on any atom is 0.0618 e. The van der Waals surface area contributed by atoms with E-state index in [0.29, 0.717) is 0 Å². The van der Waals surface area contributed by atoms with Crippen LogP contribution in [0.2, 0.25) is 0 Å². The van der Waals surface area contributed by atoms with E-state index in [2.05, 4.69) is 314 Å². The van der Waals surface area contributed by atoms with Crippen molar-refractivity contribution in [3.63, 3.8) is 0 Å². The molecular weight excluding hydrogens is 999 g/mol. The van der Waals surface area contributed by atoms with Gasteiger partial charge in [0.25, 0.3) is 0 Å². The number of hydrogen-bond donors (Lipinski definition) is 0. The molecule has 0 fully saturated rings. The second-order valence-electron chi connectivity index (χ2n) is 22.2. The lowest BCUT2D eigenvalue weighted by atomic mass is 9.70. The summed E-state index contributed by atoms with van der Waals surface area (Å²) >= 11 is 0. The molecule has 0 spiro atoms. The molecule has 2 aliphatic carbocycles. The molecule has 0 aliphatic heterocycles. The first kappa shape index (κ1) is 47.0. The van der Waals surface area contributed by atoms with Gasteiger partial charge in [0.05, 0.1) is 5.69 Å². The maximum absolute atomic E-state index is 2.54. The molecule has 0 bridgehead atoms. The Labute approximate surface area is 482 Å². The molecule has 0 atom stereocenters. The van der Waals surface area contributed by atoms with Gasteiger partial charge in [-0.05, 0) is 192 Å². The summed E-state index contributed by atoms with van der Waals surface area (Å²) in [5.41, 5.74) is 28.5. The summed E-state index contributed by atoms with van der Waals surface area (Å²) in [5.74, 6) is 0. The van der Waals surface area contributed by atoms with Gasteiger partial charge < -0.3 is 4.90 Å². The Bertz CT molecular complexity index is 4770. The lowest BCUT2D eigenvalue weighted by molar-refractivity contribution is 1.29. The molecule has 0 unspecified atom stereocenters. The van der Waals surface area contributed by atoms with Crippen LogP contribution in [0.4, 0.5) is 17.1 Å². The smallest absolute Gasteiger partial charge is 0.0618 e. The Morgan fingerprint density at radius 2 is 0.434 bits per heavy atom. The van der Waals surface area contributed by atoms with Crippen molar-refractivity contribution in [1.29, 1.82) is 0 Å². The van der Waals surface area contributed by atoms with Crippen LogP contribution in [0.15, 0.2) is 309 Å². The van der Waals surface area contributed by atoms with Crippen molar-refractivity contribution in [2.24, 2.45) is 0 Å². The van der Waals surface area contributed by atoms with Crippen molar-refractivity contribution >= 4 is 60.2 Å². The predicted octanol–water partition coefficient (Wildman–Crippen LogP) is 23.1. The van der Waals surface area contributed by atoms with Crippen LogP contribution in [0.5, 0.6) is 0 Å². The van der Waals surface area contributed by atoms with E-state index in [1.807, 2.05) is 0 Å². The Balaban J connectivity index is 0.903. The molecule has 83 heavy (non-hydrogen) atoms. The minimum Gasteiger partial charge on any atom is -0.309 e. The fraction of sp³-hybridized carbons (Fsp3) is 0. The second kappa shape index (κ2) is 18.9. The van der Waals surface area contributed by atoms with Crippen LogP contribution in [0.3, 0.4) is 0 Å². The Morgan fingerprint density at radius 3 is 0.735 bits per heavy atom. The highest BCUT2D eigenvalue weighted by Crippen LogP contribution is 2.62. The highest BCUT2D eigenvalue weighted by molar-refractivity contribution is 6.28. The summed E-state index contributed by atoms with van der Waals surface area (Å²) in [6.45, 7) is 0. The van der Waals surface area contributed by atoms with Crippen LogP contribution < -0.4 is 4.90 Å². The quantitative estimate of drug-likeness (QED) is 0.139. The topological polar surface area (TPSA) is 3.24 Å². The van der Waals surface area contributed by atoms with Gasteiger partial charge in [-0.15, -0.1) is 0 Å². The molecule has 0 heterocycles. The summed E-state index contributed by atoms with van der Waals surface area (Å²) in [5, 5.41) is 9.88. The number of fused-ring (bicyclic) bond motifs is 12. The van der Waals surface area contributed by atoms with Gasteiger partial charge in [0.15, 0.2) is 0 Å². The number of para-hydroxylation sites is 1. The van der Waals surface area contributed by atoms with Gasteiger partial charge in [0.2, 0.25) is 0 Å². The average molecular weight is 1050 g/mol. The van der Waals surface area contributed by atoms with Gasteiger partial charge in [0, 0.05) is 22.5 Å². The first-order chi connectivity index (χ1) is 41.2. The predicted molar refractivity (Wildman–Crippen MR) is 353 cm³/mol. The Kier molecular flexibility index (Phi) is 10.7. The molecule has 15 aromatic carbocycles. The van der Waals surface area contributed by atoms with Crippen LogP contribution in [-0.2, 0) is 0 Å². The maximum atomic E-state index is 2.54. The number of nitrogens with zero attached hydrogens (tertiary/aromatic N) is 1. The molecule has 0 saturated heterocycles. The first-order valence-corrected chi connectivity index (χ1v) is 28.8. The van der Waals surface area contributed by atoms with Crippen LogP contribution in [0.25, 0.3) is 154 Å². The van der Waals surface area contributed by atoms with Crippen LogP contribution in [-0.4, -0.2) is 0 Å². The van der Waals surface area contributed by atoms with Gasteiger partial charge >= 0.3 is 0 Å². The summed E-state index contributed by atoms with van der Waals surface area (Å²) in [4.78, 5) is 2.54. The zero-order valence-corrected chi connectivity index (χ0v) is 45.4.